The monoisotopic (exact) mass is 382 g/mol. The molecule has 2 aromatic heterocycles. The lowest BCUT2D eigenvalue weighted by atomic mass is 10.2. The number of aliphatic carboxylic acids is 1. The van der Waals surface area contributed by atoms with E-state index in [1.807, 2.05) is 26.0 Å². The Morgan fingerprint density at radius 1 is 0.964 bits per heavy atom. The molecule has 0 fully saturated rings. The van der Waals surface area contributed by atoms with E-state index in [9.17, 15) is 9.59 Å². The molecule has 0 aliphatic heterocycles. The summed E-state index contributed by atoms with van der Waals surface area (Å²) < 4.78 is 4.99. The van der Waals surface area contributed by atoms with Crippen molar-refractivity contribution in [3.8, 4) is 0 Å². The number of aryl methyl sites for hydroxylation is 2. The van der Waals surface area contributed by atoms with Crippen molar-refractivity contribution in [2.75, 3.05) is 6.61 Å². The van der Waals surface area contributed by atoms with Gasteiger partial charge in [0.15, 0.2) is 0 Å². The zero-order valence-corrected chi connectivity index (χ0v) is 16.5. The first-order valence-corrected chi connectivity index (χ1v) is 9.00. The summed E-state index contributed by atoms with van der Waals surface area (Å²) in [5, 5.41) is 8.34. The molecule has 0 unspecified atom stereocenters. The molecule has 6 heteroatoms. The molecule has 0 saturated carbocycles. The number of nitrogens with zero attached hydrogens (tertiary/aromatic N) is 2. The number of aromatic nitrogens is 2. The van der Waals surface area contributed by atoms with Crippen LogP contribution in [0, 0.1) is 13.8 Å². The first-order valence-electron chi connectivity index (χ1n) is 9.00. The van der Waals surface area contributed by atoms with Crippen LogP contribution in [-0.4, -0.2) is 33.6 Å². The third kappa shape index (κ3) is 10.7. The fourth-order valence-corrected chi connectivity index (χ4v) is 2.04. The summed E-state index contributed by atoms with van der Waals surface area (Å²) in [5.41, 5.74) is 3.80. The summed E-state index contributed by atoms with van der Waals surface area (Å²) in [7, 11) is 0. The first kappa shape index (κ1) is 22.8. The normalized spacial score (nSPS) is 10.5. The van der Waals surface area contributed by atoms with Crippen LogP contribution in [0.1, 0.15) is 42.0 Å². The predicted octanol–water partition coefficient (Wildman–Crippen LogP) is 4.23. The molecule has 1 N–H and O–H groups in total. The van der Waals surface area contributed by atoms with Crippen molar-refractivity contribution in [2.45, 2.75) is 33.6 Å². The van der Waals surface area contributed by atoms with E-state index in [1.165, 1.54) is 12.2 Å². The van der Waals surface area contributed by atoms with Gasteiger partial charge in [-0.15, -0.1) is 0 Å². The first-order chi connectivity index (χ1) is 13.4. The van der Waals surface area contributed by atoms with Crippen molar-refractivity contribution >= 4 is 24.1 Å². The topological polar surface area (TPSA) is 89.4 Å². The summed E-state index contributed by atoms with van der Waals surface area (Å²) in [6.07, 6.45) is 14.5. The van der Waals surface area contributed by atoms with Gasteiger partial charge in [-0.3, -0.25) is 9.97 Å². The Kier molecular flexibility index (Phi) is 10.5. The molecular formula is C22H26N2O4. The fraction of sp³-hybridized carbons (Fsp3) is 0.273. The summed E-state index contributed by atoms with van der Waals surface area (Å²) >= 11 is 0. The molecule has 28 heavy (non-hydrogen) atoms. The van der Waals surface area contributed by atoms with Crippen LogP contribution in [0.4, 0.5) is 0 Å². The maximum absolute atomic E-state index is 11.2. The third-order valence-electron chi connectivity index (χ3n) is 3.36. The number of hydrogen-bond donors (Lipinski definition) is 1. The Balaban J connectivity index is 0.000000292. The van der Waals surface area contributed by atoms with Gasteiger partial charge in [0.1, 0.15) is 0 Å². The highest BCUT2D eigenvalue weighted by molar-refractivity contribution is 5.87. The maximum Gasteiger partial charge on any atom is 0.330 e. The Morgan fingerprint density at radius 3 is 1.96 bits per heavy atom. The van der Waals surface area contributed by atoms with Gasteiger partial charge in [0.25, 0.3) is 0 Å². The van der Waals surface area contributed by atoms with Gasteiger partial charge < -0.3 is 9.84 Å². The van der Waals surface area contributed by atoms with Crippen LogP contribution in [-0.2, 0) is 14.3 Å². The van der Waals surface area contributed by atoms with Gasteiger partial charge in [0.05, 0.1) is 6.61 Å². The van der Waals surface area contributed by atoms with Crippen LogP contribution in [0.3, 0.4) is 0 Å². The number of rotatable bonds is 7. The Labute approximate surface area is 165 Å². The van der Waals surface area contributed by atoms with E-state index in [1.54, 1.807) is 30.9 Å². The predicted molar refractivity (Wildman–Crippen MR) is 110 cm³/mol. The van der Waals surface area contributed by atoms with Gasteiger partial charge in [-0.05, 0) is 66.8 Å². The van der Waals surface area contributed by atoms with Crippen molar-refractivity contribution in [3.05, 3.63) is 71.3 Å². The highest BCUT2D eigenvalue weighted by atomic mass is 16.5. The highest BCUT2D eigenvalue weighted by Gasteiger charge is 1.96. The van der Waals surface area contributed by atoms with Gasteiger partial charge >= 0.3 is 11.9 Å². The third-order valence-corrected chi connectivity index (χ3v) is 3.36. The second kappa shape index (κ2) is 13.0. The number of carbonyl (C=O) groups excluding carboxylic acids is 1. The minimum absolute atomic E-state index is 0.296. The SMILES string of the molecule is CCCCOC(=O)/C=C/c1cncc(C)c1.Cc1cncc(/C=C/C(=O)O)c1. The summed E-state index contributed by atoms with van der Waals surface area (Å²) in [4.78, 5) is 29.3. The average Bonchev–Trinajstić information content (AvgIpc) is 2.66. The average molecular weight is 382 g/mol. The van der Waals surface area contributed by atoms with Crippen molar-refractivity contribution in [1.82, 2.24) is 9.97 Å². The quantitative estimate of drug-likeness (QED) is 0.438. The molecule has 0 bridgehead atoms. The van der Waals surface area contributed by atoms with E-state index in [0.29, 0.717) is 6.61 Å². The number of hydrogen-bond acceptors (Lipinski definition) is 5. The van der Waals surface area contributed by atoms with Crippen molar-refractivity contribution < 1.29 is 19.4 Å². The van der Waals surface area contributed by atoms with Crippen molar-refractivity contribution in [3.63, 3.8) is 0 Å². The molecule has 0 aliphatic carbocycles. The largest absolute Gasteiger partial charge is 0.478 e. The minimum Gasteiger partial charge on any atom is -0.478 e. The second-order valence-corrected chi connectivity index (χ2v) is 6.12. The van der Waals surface area contributed by atoms with Crippen LogP contribution < -0.4 is 0 Å². The van der Waals surface area contributed by atoms with Gasteiger partial charge in [-0.1, -0.05) is 13.3 Å². The van der Waals surface area contributed by atoms with Gasteiger partial charge in [-0.25, -0.2) is 9.59 Å². The van der Waals surface area contributed by atoms with E-state index in [-0.39, 0.29) is 5.97 Å². The molecule has 2 rings (SSSR count). The molecule has 6 nitrogen and oxygen atoms in total. The van der Waals surface area contributed by atoms with E-state index in [2.05, 4.69) is 16.9 Å². The Morgan fingerprint density at radius 2 is 1.50 bits per heavy atom. The van der Waals surface area contributed by atoms with Crippen LogP contribution in [0.15, 0.2) is 49.1 Å². The highest BCUT2D eigenvalue weighted by Crippen LogP contribution is 2.04. The van der Waals surface area contributed by atoms with Gasteiger partial charge in [-0.2, -0.15) is 0 Å². The Hall–Kier alpha value is -3.28. The number of carbonyl (C=O) groups is 2. The maximum atomic E-state index is 11.2. The molecule has 0 saturated heterocycles. The number of unbranched alkanes of at least 4 members (excludes halogenated alkanes) is 1. The second-order valence-electron chi connectivity index (χ2n) is 6.12. The van der Waals surface area contributed by atoms with Crippen molar-refractivity contribution in [2.24, 2.45) is 0 Å². The lowest BCUT2D eigenvalue weighted by Crippen LogP contribution is -2.01. The lowest BCUT2D eigenvalue weighted by molar-refractivity contribution is -0.137. The molecule has 148 valence electrons. The summed E-state index contributed by atoms with van der Waals surface area (Å²) in [6, 6.07) is 3.83. The molecule has 0 aromatic carbocycles. The van der Waals surface area contributed by atoms with Crippen molar-refractivity contribution in [1.29, 1.82) is 0 Å². The van der Waals surface area contributed by atoms with Crippen LogP contribution in [0.25, 0.3) is 12.2 Å². The fourth-order valence-electron chi connectivity index (χ4n) is 2.04. The number of ether oxygens (including phenoxy) is 1. The van der Waals surface area contributed by atoms with E-state index >= 15 is 0 Å². The number of carboxylic acids is 1. The zero-order valence-electron chi connectivity index (χ0n) is 16.5. The van der Waals surface area contributed by atoms with Crippen LogP contribution in [0.5, 0.6) is 0 Å². The van der Waals surface area contributed by atoms with Gasteiger partial charge in [0.2, 0.25) is 0 Å². The summed E-state index contributed by atoms with van der Waals surface area (Å²) in [5.74, 6) is -1.24. The zero-order chi connectivity index (χ0) is 20.8. The molecule has 2 aromatic rings. The smallest absolute Gasteiger partial charge is 0.330 e. The van der Waals surface area contributed by atoms with Crippen LogP contribution in [0.2, 0.25) is 0 Å². The standard InChI is InChI=1S/C13H17NO2.C9H9NO2/c1-3-4-7-16-13(15)6-5-12-8-11(2)9-14-10-12;1-7-4-8(6-10-5-7)2-3-9(11)12/h5-6,8-10H,3-4,7H2,1-2H3;2-6H,1H3,(H,11,12)/b6-5+;3-2+. The van der Waals surface area contributed by atoms with E-state index < -0.39 is 5.97 Å². The van der Waals surface area contributed by atoms with Gasteiger partial charge in [0, 0.05) is 36.9 Å². The Bertz CT molecular complexity index is 829. The number of esters is 1. The molecule has 0 aliphatic rings. The molecule has 0 spiro atoms. The molecule has 2 heterocycles. The minimum atomic E-state index is -0.948. The summed E-state index contributed by atoms with van der Waals surface area (Å²) in [6.45, 7) is 6.42. The van der Waals surface area contributed by atoms with E-state index in [0.717, 1.165) is 41.2 Å². The lowest BCUT2D eigenvalue weighted by Gasteiger charge is -1.99. The molecule has 0 amide bonds. The van der Waals surface area contributed by atoms with E-state index in [4.69, 9.17) is 9.84 Å². The molecular weight excluding hydrogens is 356 g/mol. The number of pyridine rings is 2. The van der Waals surface area contributed by atoms with Crippen LogP contribution >= 0.6 is 0 Å². The molecule has 0 atom stereocenters. The number of carboxylic acid groups (broad SMARTS) is 1. The molecule has 0 radical (unpaired) electrons.